The zero-order chi connectivity index (χ0) is 14.8. The van der Waals surface area contributed by atoms with Gasteiger partial charge in [0.2, 0.25) is 0 Å². The van der Waals surface area contributed by atoms with Crippen LogP contribution in [0.2, 0.25) is 0 Å². The molecule has 21 heavy (non-hydrogen) atoms. The van der Waals surface area contributed by atoms with E-state index in [1.165, 1.54) is 0 Å². The molecule has 0 aliphatic heterocycles. The lowest BCUT2D eigenvalue weighted by atomic mass is 10.2. The highest BCUT2D eigenvalue weighted by Gasteiger charge is 2.11. The van der Waals surface area contributed by atoms with E-state index in [2.05, 4.69) is 14.9 Å². The van der Waals surface area contributed by atoms with E-state index in [1.54, 1.807) is 12.4 Å². The van der Waals surface area contributed by atoms with Crippen molar-refractivity contribution in [3.05, 3.63) is 48.9 Å². The average Bonchev–Trinajstić information content (AvgIpc) is 2.94. The van der Waals surface area contributed by atoms with E-state index in [0.29, 0.717) is 0 Å². The predicted molar refractivity (Wildman–Crippen MR) is 84.0 cm³/mol. The van der Waals surface area contributed by atoms with Gasteiger partial charge in [-0.05, 0) is 24.3 Å². The fraction of sp³-hybridized carbons (Fsp3) is 0.188. The summed E-state index contributed by atoms with van der Waals surface area (Å²) in [4.78, 5) is 15.5. The Morgan fingerprint density at radius 2 is 1.76 bits per heavy atom. The van der Waals surface area contributed by atoms with Crippen molar-refractivity contribution in [2.75, 3.05) is 19.0 Å². The number of hydrogen-bond donors (Lipinski definition) is 0. The molecule has 0 N–H and O–H groups in total. The summed E-state index contributed by atoms with van der Waals surface area (Å²) in [6.45, 7) is 0. The van der Waals surface area contributed by atoms with E-state index in [4.69, 9.17) is 4.98 Å². The first-order chi connectivity index (χ1) is 10.1. The number of rotatable bonds is 3. The van der Waals surface area contributed by atoms with Gasteiger partial charge in [0.15, 0.2) is 5.82 Å². The lowest BCUT2D eigenvalue weighted by Gasteiger charge is -2.15. The number of aryl methyl sites for hydroxylation is 1. The predicted octanol–water partition coefficient (Wildman–Crippen LogP) is 2.61. The van der Waals surface area contributed by atoms with Gasteiger partial charge in [0.1, 0.15) is 5.69 Å². The van der Waals surface area contributed by atoms with Gasteiger partial charge in [-0.25, -0.2) is 9.97 Å². The summed E-state index contributed by atoms with van der Waals surface area (Å²) >= 11 is 0. The summed E-state index contributed by atoms with van der Waals surface area (Å²) in [5.74, 6) is 0.843. The Balaban J connectivity index is 2.18. The summed E-state index contributed by atoms with van der Waals surface area (Å²) in [6.07, 6.45) is 5.47. The van der Waals surface area contributed by atoms with Crippen LogP contribution in [0.5, 0.6) is 0 Å². The second-order valence-corrected chi connectivity index (χ2v) is 5.07. The molecule has 0 spiro atoms. The molecule has 0 amide bonds. The van der Waals surface area contributed by atoms with Gasteiger partial charge in [0.05, 0.1) is 11.4 Å². The molecular weight excluding hydrogens is 262 g/mol. The molecule has 0 atom stereocenters. The van der Waals surface area contributed by atoms with Crippen LogP contribution in [0.1, 0.15) is 0 Å². The van der Waals surface area contributed by atoms with E-state index < -0.39 is 0 Å². The Kier molecular flexibility index (Phi) is 3.39. The summed E-state index contributed by atoms with van der Waals surface area (Å²) in [5.41, 5.74) is 3.62. The Morgan fingerprint density at radius 1 is 0.952 bits per heavy atom. The normalized spacial score (nSPS) is 10.6. The molecular formula is C16H17N5. The van der Waals surface area contributed by atoms with E-state index in [1.807, 2.05) is 62.2 Å². The van der Waals surface area contributed by atoms with E-state index in [-0.39, 0.29) is 0 Å². The highest BCUT2D eigenvalue weighted by Crippen LogP contribution is 2.26. The highest BCUT2D eigenvalue weighted by atomic mass is 15.1. The van der Waals surface area contributed by atoms with Crippen LogP contribution in [0, 0.1) is 0 Å². The summed E-state index contributed by atoms with van der Waals surface area (Å²) < 4.78 is 1.96. The van der Waals surface area contributed by atoms with Crippen LogP contribution in [-0.2, 0) is 7.05 Å². The van der Waals surface area contributed by atoms with Crippen molar-refractivity contribution in [1.82, 2.24) is 19.5 Å². The fourth-order valence-electron chi connectivity index (χ4n) is 2.15. The molecule has 3 heterocycles. The molecule has 3 rings (SSSR count). The van der Waals surface area contributed by atoms with Crippen LogP contribution >= 0.6 is 0 Å². The maximum absolute atomic E-state index is 4.72. The van der Waals surface area contributed by atoms with Gasteiger partial charge < -0.3 is 9.47 Å². The van der Waals surface area contributed by atoms with Gasteiger partial charge in [-0.2, -0.15) is 0 Å². The van der Waals surface area contributed by atoms with Crippen molar-refractivity contribution >= 4 is 5.69 Å². The smallest absolute Gasteiger partial charge is 0.158 e. The number of anilines is 1. The number of aromatic nitrogens is 4. The van der Waals surface area contributed by atoms with Gasteiger partial charge in [-0.1, -0.05) is 6.07 Å². The van der Waals surface area contributed by atoms with Crippen molar-refractivity contribution in [3.63, 3.8) is 0 Å². The summed E-state index contributed by atoms with van der Waals surface area (Å²) in [5, 5.41) is 0. The van der Waals surface area contributed by atoms with E-state index in [9.17, 15) is 0 Å². The van der Waals surface area contributed by atoms with Gasteiger partial charge in [0.25, 0.3) is 0 Å². The molecule has 0 bridgehead atoms. The van der Waals surface area contributed by atoms with Crippen molar-refractivity contribution in [2.24, 2.45) is 7.05 Å². The molecule has 0 fully saturated rings. The van der Waals surface area contributed by atoms with Crippen molar-refractivity contribution in [2.45, 2.75) is 0 Å². The molecule has 3 aromatic heterocycles. The molecule has 0 aliphatic carbocycles. The van der Waals surface area contributed by atoms with Crippen molar-refractivity contribution < 1.29 is 0 Å². The largest absolute Gasteiger partial charge is 0.378 e. The Hall–Kier alpha value is -2.69. The first-order valence-corrected chi connectivity index (χ1v) is 6.73. The van der Waals surface area contributed by atoms with E-state index in [0.717, 1.165) is 28.6 Å². The van der Waals surface area contributed by atoms with Crippen molar-refractivity contribution in [3.8, 4) is 22.9 Å². The third-order valence-electron chi connectivity index (χ3n) is 3.30. The van der Waals surface area contributed by atoms with E-state index >= 15 is 0 Å². The average molecular weight is 279 g/mol. The number of hydrogen-bond acceptors (Lipinski definition) is 4. The van der Waals surface area contributed by atoms with Gasteiger partial charge in [-0.15, -0.1) is 0 Å². The van der Waals surface area contributed by atoms with Crippen LogP contribution in [-0.4, -0.2) is 33.6 Å². The molecule has 5 nitrogen and oxygen atoms in total. The molecule has 0 saturated carbocycles. The van der Waals surface area contributed by atoms with Crippen LogP contribution in [0.3, 0.4) is 0 Å². The minimum Gasteiger partial charge on any atom is -0.378 e. The molecule has 0 saturated heterocycles. The van der Waals surface area contributed by atoms with Crippen LogP contribution in [0.4, 0.5) is 5.69 Å². The minimum absolute atomic E-state index is 0.842. The standard InChI is InChI=1S/C16H17N5/c1-20(2)12-10-14(13-6-4-5-7-17-13)19-15(11-12)16-18-8-9-21(16)3/h4-11H,1-3H3. The molecule has 5 heteroatoms. The van der Waals surface area contributed by atoms with Crippen LogP contribution in [0.15, 0.2) is 48.9 Å². The zero-order valence-corrected chi connectivity index (χ0v) is 12.4. The lowest BCUT2D eigenvalue weighted by molar-refractivity contribution is 0.917. The monoisotopic (exact) mass is 279 g/mol. The Labute approximate surface area is 123 Å². The Bertz CT molecular complexity index is 746. The Morgan fingerprint density at radius 3 is 2.38 bits per heavy atom. The number of pyridine rings is 2. The summed E-state index contributed by atoms with van der Waals surface area (Å²) in [7, 11) is 5.99. The first-order valence-electron chi connectivity index (χ1n) is 6.73. The molecule has 0 radical (unpaired) electrons. The quantitative estimate of drug-likeness (QED) is 0.739. The third kappa shape index (κ3) is 2.63. The lowest BCUT2D eigenvalue weighted by Crippen LogP contribution is -2.10. The fourth-order valence-corrected chi connectivity index (χ4v) is 2.15. The molecule has 0 aliphatic rings. The molecule has 3 aromatic rings. The number of nitrogens with zero attached hydrogens (tertiary/aromatic N) is 5. The van der Waals surface area contributed by atoms with Gasteiger partial charge in [0, 0.05) is 45.4 Å². The van der Waals surface area contributed by atoms with Crippen molar-refractivity contribution in [1.29, 1.82) is 0 Å². The second-order valence-electron chi connectivity index (χ2n) is 5.07. The van der Waals surface area contributed by atoms with Crippen LogP contribution < -0.4 is 4.90 Å². The highest BCUT2D eigenvalue weighted by molar-refractivity contribution is 5.68. The zero-order valence-electron chi connectivity index (χ0n) is 12.4. The minimum atomic E-state index is 0.842. The number of imidazole rings is 1. The topological polar surface area (TPSA) is 46.8 Å². The molecule has 0 aromatic carbocycles. The maximum Gasteiger partial charge on any atom is 0.158 e. The first kappa shape index (κ1) is 13.3. The SMILES string of the molecule is CN(C)c1cc(-c2ccccn2)nc(-c2nccn2C)c1. The summed E-state index contributed by atoms with van der Waals surface area (Å²) in [6, 6.07) is 9.90. The third-order valence-corrected chi connectivity index (χ3v) is 3.30. The van der Waals surface area contributed by atoms with Crippen LogP contribution in [0.25, 0.3) is 22.9 Å². The van der Waals surface area contributed by atoms with Gasteiger partial charge >= 0.3 is 0 Å². The maximum atomic E-state index is 4.72. The van der Waals surface area contributed by atoms with Gasteiger partial charge in [-0.3, -0.25) is 4.98 Å². The second kappa shape index (κ2) is 5.36. The molecule has 0 unspecified atom stereocenters. The molecule has 106 valence electrons.